The highest BCUT2D eigenvalue weighted by Crippen LogP contribution is 2.43. The average molecular weight is 1220 g/mol. The number of likely N-dealkylation sites (N-methyl/N-ethyl adjacent to an activating group) is 1. The van der Waals surface area contributed by atoms with Crippen LogP contribution in [0.4, 0.5) is 16.3 Å². The number of phosphoric ester groups is 1. The minimum atomic E-state index is -4.49. The molecule has 0 aliphatic carbocycles. The van der Waals surface area contributed by atoms with E-state index in [1.54, 1.807) is 48.7 Å². The molecule has 1 fully saturated rings. The summed E-state index contributed by atoms with van der Waals surface area (Å²) in [6, 6.07) is 17.9. The number of carbonyl (C=O) groups excluding carboxylic acids is 4. The zero-order valence-electron chi connectivity index (χ0n) is 51.5. The van der Waals surface area contributed by atoms with Crippen LogP contribution in [0.2, 0.25) is 0 Å². The Bertz CT molecular complexity index is 2630. The number of hydrogen-bond donors (Lipinski definition) is 4. The number of carbonyl (C=O) groups is 4. The van der Waals surface area contributed by atoms with Gasteiger partial charge in [-0.2, -0.15) is 4.99 Å². The summed E-state index contributed by atoms with van der Waals surface area (Å²) in [4.78, 5) is 77.9. The number of nitrogens with zero attached hydrogens (tertiary/aromatic N) is 5. The van der Waals surface area contributed by atoms with Crippen molar-refractivity contribution in [2.45, 2.75) is 186 Å². The number of pyridine rings is 1. The number of rotatable bonds is 44. The third kappa shape index (κ3) is 30.2. The number of fused-ring (bicyclic) bond motifs is 1. The third-order valence-electron chi connectivity index (χ3n) is 15.0. The van der Waals surface area contributed by atoms with E-state index in [-0.39, 0.29) is 58.3 Å². The molecule has 1 saturated heterocycles. The normalized spacial score (nSPS) is 14.8. The number of anilines is 2. The largest absolute Gasteiger partial charge is 0.472 e. The second-order valence-corrected chi connectivity index (χ2v) is 26.0. The molecular weight excluding hydrogens is 1120 g/mol. The van der Waals surface area contributed by atoms with Crippen molar-refractivity contribution in [1.29, 1.82) is 0 Å². The Morgan fingerprint density at radius 3 is 1.96 bits per heavy atom. The Kier molecular flexibility index (Phi) is 33.3. The minimum Gasteiger partial charge on any atom is -0.465 e. The number of unbranched alkanes of at least 4 members (excludes halogenated alkanes) is 19. The first-order valence-electron chi connectivity index (χ1n) is 31.5. The molecule has 2 aromatic heterocycles. The Labute approximate surface area is 510 Å². The Morgan fingerprint density at radius 1 is 0.765 bits per heavy atom. The summed E-state index contributed by atoms with van der Waals surface area (Å²) in [6.45, 7) is 3.39. The number of ether oxygens (including phenoxy) is 3. The van der Waals surface area contributed by atoms with E-state index in [1.165, 1.54) is 132 Å². The number of amidine groups is 1. The van der Waals surface area contributed by atoms with Crippen LogP contribution in [0.3, 0.4) is 0 Å². The molecule has 5 N–H and O–H groups in total. The van der Waals surface area contributed by atoms with Crippen LogP contribution in [-0.2, 0) is 44.0 Å². The fourth-order valence-corrected chi connectivity index (χ4v) is 11.5. The van der Waals surface area contributed by atoms with Gasteiger partial charge in [0.25, 0.3) is 5.91 Å². The van der Waals surface area contributed by atoms with Crippen LogP contribution in [0.15, 0.2) is 71.9 Å². The van der Waals surface area contributed by atoms with Crippen LogP contribution in [0, 0.1) is 5.92 Å². The zero-order valence-corrected chi connectivity index (χ0v) is 53.2. The van der Waals surface area contributed by atoms with Gasteiger partial charge in [0.1, 0.15) is 29.8 Å². The van der Waals surface area contributed by atoms with Gasteiger partial charge in [-0.05, 0) is 86.8 Å². The van der Waals surface area contributed by atoms with E-state index in [4.69, 9.17) is 34.0 Å². The average Bonchev–Trinajstić information content (AvgIpc) is 3.34. The lowest BCUT2D eigenvalue weighted by molar-refractivity contribution is -0.870. The summed E-state index contributed by atoms with van der Waals surface area (Å²) in [5.74, 6) is -1.87. The van der Waals surface area contributed by atoms with Crippen molar-refractivity contribution in [3.63, 3.8) is 0 Å². The van der Waals surface area contributed by atoms with E-state index < -0.39 is 37.7 Å². The van der Waals surface area contributed by atoms with Crippen molar-refractivity contribution in [3.05, 3.63) is 83.0 Å². The zero-order chi connectivity index (χ0) is 61.0. The molecule has 472 valence electrons. The molecule has 2 amide bonds. The quantitative estimate of drug-likeness (QED) is 0.00612. The van der Waals surface area contributed by atoms with Gasteiger partial charge in [-0.3, -0.25) is 28.3 Å². The van der Waals surface area contributed by atoms with E-state index >= 15 is 0 Å². The van der Waals surface area contributed by atoms with Crippen molar-refractivity contribution in [2.24, 2.45) is 16.6 Å². The fraction of sp³-hybridized carbons (Fsp3) is 0.641. The predicted octanol–water partition coefficient (Wildman–Crippen LogP) is 13.5. The Balaban J connectivity index is 1.04. The summed E-state index contributed by atoms with van der Waals surface area (Å²) in [5.41, 5.74) is 8.46. The van der Waals surface area contributed by atoms with Gasteiger partial charge in [0.2, 0.25) is 0 Å². The summed E-state index contributed by atoms with van der Waals surface area (Å²) < 4.78 is 41.3. The molecule has 5 rings (SSSR count). The highest BCUT2D eigenvalue weighted by molar-refractivity contribution is 7.47. The lowest BCUT2D eigenvalue weighted by atomic mass is 10.0. The molecule has 1 aliphatic rings. The van der Waals surface area contributed by atoms with E-state index in [1.807, 2.05) is 39.3 Å². The predicted molar refractivity (Wildman–Crippen MR) is 339 cm³/mol. The number of benzene rings is 2. The van der Waals surface area contributed by atoms with Gasteiger partial charge < -0.3 is 40.0 Å². The molecule has 4 aromatic rings. The number of aromatic nitrogens is 2. The number of hydrogen-bond acceptors (Lipinski definition) is 15. The van der Waals surface area contributed by atoms with Gasteiger partial charge in [-0.15, -0.1) is 11.3 Å². The number of esters is 2. The van der Waals surface area contributed by atoms with E-state index in [0.29, 0.717) is 52.5 Å². The Morgan fingerprint density at radius 2 is 1.38 bits per heavy atom. The molecule has 0 saturated carbocycles. The van der Waals surface area contributed by atoms with Gasteiger partial charge in [-0.1, -0.05) is 141 Å². The Hall–Kier alpha value is -5.34. The number of phosphoric acid groups is 1. The lowest BCUT2D eigenvalue weighted by Crippen LogP contribution is -2.37. The number of piperidine rings is 1. The molecule has 85 heavy (non-hydrogen) atoms. The molecule has 1 aliphatic heterocycles. The standard InChI is InChI=1S/C64H99N8O11PS/c1-5-6-7-8-9-10-11-12-13-14-15-16-17-18-19-20-21-22-23-24-31-60(73)80-48-51(50-83-84(77,78)82-45-43-72(2,3)4)49-81-61(74)38-42-71(58-30-26-28-41-67-58)63(75)53-34-37-57-56(46-53)69-59(85-57)47-68-55-35-32-52(33-36-55)62(65)70-64(76)79-44-39-54-29-25-27-40-66-54/h26,28,30,32-37,41,46,51,54,66H,5-25,27,29,31,38-40,42-45,47-50H2,1-4H3,(H3-,65,68,70,76,77,78)/p+1. The van der Waals surface area contributed by atoms with Crippen molar-refractivity contribution in [3.8, 4) is 0 Å². The van der Waals surface area contributed by atoms with Crippen LogP contribution >= 0.6 is 19.2 Å². The van der Waals surface area contributed by atoms with Crippen LogP contribution in [0.25, 0.3) is 10.2 Å². The maximum atomic E-state index is 14.3. The first kappa shape index (κ1) is 70.4. The topological polar surface area (TPSA) is 243 Å². The molecule has 2 aromatic carbocycles. The fourth-order valence-electron chi connectivity index (χ4n) is 9.87. The number of aliphatic imine (C=N–C) groups is 1. The monoisotopic (exact) mass is 1220 g/mol. The number of nitrogens with two attached hydrogens (primary N) is 1. The van der Waals surface area contributed by atoms with Gasteiger partial charge >= 0.3 is 25.9 Å². The van der Waals surface area contributed by atoms with E-state index in [0.717, 1.165) is 54.0 Å². The van der Waals surface area contributed by atoms with E-state index in [2.05, 4.69) is 27.5 Å². The maximum absolute atomic E-state index is 14.3. The second-order valence-electron chi connectivity index (χ2n) is 23.5. The SMILES string of the molecule is CCCCCCCCCCCCCCCCCCCCCCC(=O)OCC(COC(=O)CCN(C(=O)c1ccc2sc(CNc3ccc(/C(N)=N/C(=O)OCCC4CCCCN4)cc3)nc2c1)c1ccccn1)COP(=O)(O)OCC[N+](C)(C)C. The van der Waals surface area contributed by atoms with Crippen LogP contribution in [-0.4, -0.2) is 129 Å². The number of nitrogens with one attached hydrogen (secondary N) is 2. The minimum absolute atomic E-state index is 0.0283. The molecule has 3 unspecified atom stereocenters. The summed E-state index contributed by atoms with van der Waals surface area (Å²) in [7, 11) is 1.29. The second kappa shape index (κ2) is 40.2. The first-order chi connectivity index (χ1) is 41.1. The lowest BCUT2D eigenvalue weighted by Gasteiger charge is -2.24. The van der Waals surface area contributed by atoms with Crippen LogP contribution in [0.5, 0.6) is 0 Å². The maximum Gasteiger partial charge on any atom is 0.472 e. The summed E-state index contributed by atoms with van der Waals surface area (Å²) in [6.07, 6.45) is 30.3. The van der Waals surface area contributed by atoms with Gasteiger partial charge in [0, 0.05) is 42.0 Å². The van der Waals surface area contributed by atoms with Crippen LogP contribution < -0.4 is 21.3 Å². The van der Waals surface area contributed by atoms with Crippen molar-refractivity contribution in [2.75, 3.05) is 84.0 Å². The molecule has 0 spiro atoms. The summed E-state index contributed by atoms with van der Waals surface area (Å²) in [5, 5.41) is 7.57. The van der Waals surface area contributed by atoms with Crippen molar-refractivity contribution in [1.82, 2.24) is 15.3 Å². The molecule has 0 radical (unpaired) electrons. The molecule has 3 atom stereocenters. The highest BCUT2D eigenvalue weighted by Gasteiger charge is 2.27. The molecule has 3 heterocycles. The van der Waals surface area contributed by atoms with Crippen molar-refractivity contribution >= 4 is 70.7 Å². The molecule has 19 nitrogen and oxygen atoms in total. The van der Waals surface area contributed by atoms with Gasteiger partial charge in [0.05, 0.1) is 76.7 Å². The highest BCUT2D eigenvalue weighted by atomic mass is 32.1. The number of quaternary nitrogens is 1. The number of amides is 2. The van der Waals surface area contributed by atoms with Crippen LogP contribution in [0.1, 0.15) is 195 Å². The molecule has 21 heteroatoms. The van der Waals surface area contributed by atoms with E-state index in [9.17, 15) is 28.6 Å². The van der Waals surface area contributed by atoms with Gasteiger partial charge in [-0.25, -0.2) is 19.3 Å². The number of thiazole rings is 1. The van der Waals surface area contributed by atoms with Crippen molar-refractivity contribution < 1.29 is 56.4 Å². The first-order valence-corrected chi connectivity index (χ1v) is 33.8. The third-order valence-corrected chi connectivity index (χ3v) is 17.0. The molecular formula is C64H100N8O11PS+. The smallest absolute Gasteiger partial charge is 0.465 e. The molecule has 0 bridgehead atoms. The summed E-state index contributed by atoms with van der Waals surface area (Å²) >= 11 is 1.48. The van der Waals surface area contributed by atoms with Gasteiger partial charge in [0.15, 0.2) is 0 Å².